The molecule has 1 fully saturated rings. The van der Waals surface area contributed by atoms with Gasteiger partial charge in [0.2, 0.25) is 5.91 Å². The SMILES string of the molecule is CC(CC(C)N1C(=O)C=CC1=O)C(=O)N1CCNCC1. The van der Waals surface area contributed by atoms with E-state index >= 15 is 0 Å². The molecule has 6 nitrogen and oxygen atoms in total. The molecule has 2 atom stereocenters. The lowest BCUT2D eigenvalue weighted by molar-refractivity contribution is -0.142. The molecule has 0 bridgehead atoms. The van der Waals surface area contributed by atoms with E-state index in [1.54, 1.807) is 0 Å². The minimum atomic E-state index is -0.288. The number of nitrogens with zero attached hydrogens (tertiary/aromatic N) is 2. The highest BCUT2D eigenvalue weighted by Gasteiger charge is 2.31. The largest absolute Gasteiger partial charge is 0.340 e. The molecule has 0 aromatic heterocycles. The monoisotopic (exact) mass is 279 g/mol. The smallest absolute Gasteiger partial charge is 0.253 e. The molecule has 0 aromatic rings. The van der Waals surface area contributed by atoms with Crippen molar-refractivity contribution in [3.05, 3.63) is 12.2 Å². The van der Waals surface area contributed by atoms with Crippen LogP contribution in [0, 0.1) is 5.92 Å². The van der Waals surface area contributed by atoms with E-state index in [0.717, 1.165) is 26.2 Å². The van der Waals surface area contributed by atoms with Crippen LogP contribution in [0.15, 0.2) is 12.2 Å². The van der Waals surface area contributed by atoms with Crippen LogP contribution in [0.25, 0.3) is 0 Å². The fourth-order valence-electron chi connectivity index (χ4n) is 2.76. The maximum atomic E-state index is 12.3. The van der Waals surface area contributed by atoms with Crippen molar-refractivity contribution in [3.8, 4) is 0 Å². The summed E-state index contributed by atoms with van der Waals surface area (Å²) in [5.41, 5.74) is 0. The summed E-state index contributed by atoms with van der Waals surface area (Å²) >= 11 is 0. The van der Waals surface area contributed by atoms with Crippen molar-refractivity contribution in [1.29, 1.82) is 0 Å². The Hall–Kier alpha value is -1.69. The Kier molecular flexibility index (Phi) is 4.54. The van der Waals surface area contributed by atoms with Gasteiger partial charge < -0.3 is 10.2 Å². The quantitative estimate of drug-likeness (QED) is 0.721. The molecule has 0 aliphatic carbocycles. The van der Waals surface area contributed by atoms with E-state index in [4.69, 9.17) is 0 Å². The van der Waals surface area contributed by atoms with Crippen LogP contribution < -0.4 is 5.32 Å². The lowest BCUT2D eigenvalue weighted by atomic mass is 10.00. The van der Waals surface area contributed by atoms with E-state index in [-0.39, 0.29) is 29.7 Å². The fourth-order valence-corrected chi connectivity index (χ4v) is 2.76. The highest BCUT2D eigenvalue weighted by molar-refractivity contribution is 6.13. The Labute approximate surface area is 118 Å². The first-order valence-corrected chi connectivity index (χ1v) is 7.05. The summed E-state index contributed by atoms with van der Waals surface area (Å²) < 4.78 is 0. The van der Waals surface area contributed by atoms with Crippen LogP contribution in [0.4, 0.5) is 0 Å². The molecule has 2 unspecified atom stereocenters. The number of carbonyl (C=O) groups is 3. The van der Waals surface area contributed by atoms with Gasteiger partial charge in [-0.1, -0.05) is 6.92 Å². The number of hydrogen-bond donors (Lipinski definition) is 1. The van der Waals surface area contributed by atoms with Crippen molar-refractivity contribution in [3.63, 3.8) is 0 Å². The van der Waals surface area contributed by atoms with E-state index in [9.17, 15) is 14.4 Å². The number of piperazine rings is 1. The Balaban J connectivity index is 1.90. The van der Waals surface area contributed by atoms with Gasteiger partial charge in [0.05, 0.1) is 0 Å². The molecule has 3 amide bonds. The predicted octanol–water partition coefficient (Wildman–Crippen LogP) is -0.242. The molecule has 1 saturated heterocycles. The average Bonchev–Trinajstić information content (AvgIpc) is 2.78. The highest BCUT2D eigenvalue weighted by Crippen LogP contribution is 2.18. The third kappa shape index (κ3) is 3.07. The van der Waals surface area contributed by atoms with Gasteiger partial charge in [0, 0.05) is 50.3 Å². The zero-order valence-electron chi connectivity index (χ0n) is 12.0. The van der Waals surface area contributed by atoms with Crippen molar-refractivity contribution in [2.45, 2.75) is 26.3 Å². The first-order valence-electron chi connectivity index (χ1n) is 7.05. The van der Waals surface area contributed by atoms with Gasteiger partial charge in [-0.25, -0.2) is 0 Å². The fraction of sp³-hybridized carbons (Fsp3) is 0.643. The molecular formula is C14H21N3O3. The van der Waals surface area contributed by atoms with E-state index in [2.05, 4.69) is 5.32 Å². The molecule has 2 heterocycles. The number of imide groups is 1. The molecule has 20 heavy (non-hydrogen) atoms. The maximum absolute atomic E-state index is 12.3. The van der Waals surface area contributed by atoms with Crippen LogP contribution in [0.1, 0.15) is 20.3 Å². The predicted molar refractivity (Wildman–Crippen MR) is 73.7 cm³/mol. The number of carbonyl (C=O) groups excluding carboxylic acids is 3. The number of hydrogen-bond acceptors (Lipinski definition) is 4. The topological polar surface area (TPSA) is 69.7 Å². The summed E-state index contributed by atoms with van der Waals surface area (Å²) in [7, 11) is 0. The Morgan fingerprint density at radius 2 is 1.75 bits per heavy atom. The summed E-state index contributed by atoms with van der Waals surface area (Å²) in [4.78, 5) is 38.6. The van der Waals surface area contributed by atoms with Crippen molar-refractivity contribution in [2.24, 2.45) is 5.92 Å². The van der Waals surface area contributed by atoms with Gasteiger partial charge in [-0.2, -0.15) is 0 Å². The summed E-state index contributed by atoms with van der Waals surface area (Å²) in [5, 5.41) is 3.21. The molecule has 0 aromatic carbocycles. The first kappa shape index (κ1) is 14.7. The third-order valence-corrected chi connectivity index (χ3v) is 3.83. The summed E-state index contributed by atoms with van der Waals surface area (Å²) in [6, 6.07) is -0.258. The van der Waals surface area contributed by atoms with Gasteiger partial charge in [-0.3, -0.25) is 19.3 Å². The lowest BCUT2D eigenvalue weighted by Gasteiger charge is -2.31. The zero-order chi connectivity index (χ0) is 14.7. The molecule has 0 saturated carbocycles. The molecular weight excluding hydrogens is 258 g/mol. The summed E-state index contributed by atoms with van der Waals surface area (Å²) in [6.45, 7) is 6.76. The molecule has 2 aliphatic rings. The summed E-state index contributed by atoms with van der Waals surface area (Å²) in [5.74, 6) is -0.664. The second kappa shape index (κ2) is 6.17. The molecule has 110 valence electrons. The van der Waals surface area contributed by atoms with Gasteiger partial charge in [0.25, 0.3) is 11.8 Å². The van der Waals surface area contributed by atoms with Crippen LogP contribution in [0.3, 0.4) is 0 Å². The minimum Gasteiger partial charge on any atom is -0.340 e. The molecule has 0 spiro atoms. The van der Waals surface area contributed by atoms with E-state index in [1.807, 2.05) is 18.7 Å². The van der Waals surface area contributed by atoms with Crippen LogP contribution >= 0.6 is 0 Å². The van der Waals surface area contributed by atoms with Gasteiger partial charge in [0.15, 0.2) is 0 Å². The Morgan fingerprint density at radius 3 is 2.30 bits per heavy atom. The van der Waals surface area contributed by atoms with Gasteiger partial charge in [-0.05, 0) is 13.3 Å². The first-order chi connectivity index (χ1) is 9.50. The van der Waals surface area contributed by atoms with Gasteiger partial charge in [0.1, 0.15) is 0 Å². The molecule has 2 rings (SSSR count). The molecule has 0 radical (unpaired) electrons. The van der Waals surface area contributed by atoms with Crippen molar-refractivity contribution >= 4 is 17.7 Å². The molecule has 2 aliphatic heterocycles. The number of amides is 3. The molecule has 1 N–H and O–H groups in total. The molecule has 6 heteroatoms. The van der Waals surface area contributed by atoms with Crippen LogP contribution in [0.5, 0.6) is 0 Å². The Morgan fingerprint density at radius 1 is 1.20 bits per heavy atom. The maximum Gasteiger partial charge on any atom is 0.253 e. The minimum absolute atomic E-state index is 0.102. The van der Waals surface area contributed by atoms with Crippen molar-refractivity contribution < 1.29 is 14.4 Å². The third-order valence-electron chi connectivity index (χ3n) is 3.83. The standard InChI is InChI=1S/C14H21N3O3/c1-10(14(20)16-7-5-15-6-8-16)9-11(2)17-12(18)3-4-13(17)19/h3-4,10-11,15H,5-9H2,1-2H3. The van der Waals surface area contributed by atoms with Crippen LogP contribution in [-0.2, 0) is 14.4 Å². The van der Waals surface area contributed by atoms with Gasteiger partial charge in [-0.15, -0.1) is 0 Å². The second-order valence-corrected chi connectivity index (χ2v) is 5.44. The van der Waals surface area contributed by atoms with E-state index in [1.165, 1.54) is 17.1 Å². The Bertz CT molecular complexity index is 423. The highest BCUT2D eigenvalue weighted by atomic mass is 16.2. The van der Waals surface area contributed by atoms with Crippen molar-refractivity contribution in [1.82, 2.24) is 15.1 Å². The van der Waals surface area contributed by atoms with Gasteiger partial charge >= 0.3 is 0 Å². The lowest BCUT2D eigenvalue weighted by Crippen LogP contribution is -2.49. The van der Waals surface area contributed by atoms with Crippen LogP contribution in [-0.4, -0.2) is 59.7 Å². The van der Waals surface area contributed by atoms with Crippen LogP contribution in [0.2, 0.25) is 0 Å². The zero-order valence-corrected chi connectivity index (χ0v) is 12.0. The second-order valence-electron chi connectivity index (χ2n) is 5.44. The van der Waals surface area contributed by atoms with E-state index < -0.39 is 0 Å². The number of rotatable bonds is 4. The average molecular weight is 279 g/mol. The van der Waals surface area contributed by atoms with Crippen molar-refractivity contribution in [2.75, 3.05) is 26.2 Å². The number of nitrogens with one attached hydrogen (secondary N) is 1. The normalized spacial score (nSPS) is 22.3. The van der Waals surface area contributed by atoms with E-state index in [0.29, 0.717) is 6.42 Å². The summed E-state index contributed by atoms with van der Waals surface area (Å²) in [6.07, 6.45) is 3.06.